The van der Waals surface area contributed by atoms with Crippen molar-refractivity contribution in [2.24, 2.45) is 0 Å². The maximum absolute atomic E-state index is 11.0. The number of carboxylic acid groups (broad SMARTS) is 1. The van der Waals surface area contributed by atoms with Crippen molar-refractivity contribution in [2.45, 2.75) is 45.1 Å². The zero-order valence-corrected chi connectivity index (χ0v) is 12.1. The largest absolute Gasteiger partial charge is 0.477 e. The number of hydrogen-bond donors (Lipinski definition) is 1. The molecule has 0 saturated heterocycles. The molecule has 1 N–H and O–H groups in total. The van der Waals surface area contributed by atoms with Gasteiger partial charge in [0.2, 0.25) is 0 Å². The first kappa shape index (κ1) is 13.8. The second-order valence-electron chi connectivity index (χ2n) is 5.70. The summed E-state index contributed by atoms with van der Waals surface area (Å²) in [5.41, 5.74) is 2.69. The van der Waals surface area contributed by atoms with Crippen molar-refractivity contribution in [2.75, 3.05) is 0 Å². The minimum Gasteiger partial charge on any atom is -0.477 e. The summed E-state index contributed by atoms with van der Waals surface area (Å²) < 4.78 is 2.05. The zero-order valence-electron chi connectivity index (χ0n) is 12.1. The third-order valence-electron chi connectivity index (χ3n) is 4.16. The van der Waals surface area contributed by atoms with Gasteiger partial charge in [-0.15, -0.1) is 0 Å². The van der Waals surface area contributed by atoms with Crippen LogP contribution in [-0.2, 0) is 0 Å². The third-order valence-corrected chi connectivity index (χ3v) is 4.16. The number of hydrogen-bond acceptors (Lipinski definition) is 3. The number of aromatic carboxylic acids is 1. The molecule has 0 aliphatic heterocycles. The van der Waals surface area contributed by atoms with Gasteiger partial charge in [0.25, 0.3) is 0 Å². The van der Waals surface area contributed by atoms with Crippen molar-refractivity contribution >= 4 is 5.97 Å². The van der Waals surface area contributed by atoms with Crippen LogP contribution >= 0.6 is 0 Å². The van der Waals surface area contributed by atoms with Crippen molar-refractivity contribution in [3.05, 3.63) is 35.9 Å². The summed E-state index contributed by atoms with van der Waals surface area (Å²) in [6.45, 7) is 1.77. The number of aromatic nitrogens is 3. The van der Waals surface area contributed by atoms with Gasteiger partial charge in [0.05, 0.1) is 12.2 Å². The van der Waals surface area contributed by atoms with Gasteiger partial charge in [0, 0.05) is 23.5 Å². The lowest BCUT2D eigenvalue weighted by molar-refractivity contribution is 0.0689. The number of nitrogens with zero attached hydrogens (tertiary/aromatic N) is 3. The van der Waals surface area contributed by atoms with Crippen LogP contribution in [0.2, 0.25) is 0 Å². The van der Waals surface area contributed by atoms with Crippen molar-refractivity contribution in [3.63, 3.8) is 0 Å². The van der Waals surface area contributed by atoms with E-state index in [4.69, 9.17) is 5.11 Å². The van der Waals surface area contributed by atoms with Gasteiger partial charge < -0.3 is 5.11 Å². The maximum atomic E-state index is 11.0. The number of carbonyl (C=O) groups is 1. The molecule has 0 aromatic carbocycles. The first-order valence-corrected chi connectivity index (χ1v) is 7.39. The predicted octanol–water partition coefficient (Wildman–Crippen LogP) is 3.46. The molecule has 2 heterocycles. The smallest absolute Gasteiger partial charge is 0.354 e. The topological polar surface area (TPSA) is 68.0 Å². The van der Waals surface area contributed by atoms with Crippen molar-refractivity contribution in [3.8, 4) is 11.1 Å². The number of rotatable bonds is 3. The minimum atomic E-state index is -0.989. The fourth-order valence-corrected chi connectivity index (χ4v) is 2.99. The Bertz CT molecular complexity index is 657. The number of carboxylic acids is 1. The molecule has 1 aliphatic carbocycles. The van der Waals surface area contributed by atoms with Crippen molar-refractivity contribution < 1.29 is 9.90 Å². The molecule has 1 fully saturated rings. The Morgan fingerprint density at radius 3 is 2.67 bits per heavy atom. The van der Waals surface area contributed by atoms with E-state index in [1.165, 1.54) is 32.1 Å². The third kappa shape index (κ3) is 2.82. The quantitative estimate of drug-likeness (QED) is 0.937. The molecule has 0 atom stereocenters. The van der Waals surface area contributed by atoms with Crippen LogP contribution in [-0.4, -0.2) is 25.8 Å². The minimum absolute atomic E-state index is 0.110. The fraction of sp³-hybridized carbons (Fsp3) is 0.438. The van der Waals surface area contributed by atoms with E-state index in [9.17, 15) is 4.79 Å². The van der Waals surface area contributed by atoms with Crippen LogP contribution in [0.4, 0.5) is 0 Å². The fourth-order valence-electron chi connectivity index (χ4n) is 2.99. The van der Waals surface area contributed by atoms with Crippen LogP contribution in [0.5, 0.6) is 0 Å². The van der Waals surface area contributed by atoms with Crippen LogP contribution < -0.4 is 0 Å². The molecule has 2 aromatic rings. The molecule has 110 valence electrons. The van der Waals surface area contributed by atoms with Gasteiger partial charge in [-0.1, -0.05) is 19.3 Å². The Balaban J connectivity index is 1.85. The molecule has 0 amide bonds. The summed E-state index contributed by atoms with van der Waals surface area (Å²) in [5.74, 6) is -0.989. The average Bonchev–Trinajstić information content (AvgIpc) is 2.97. The van der Waals surface area contributed by atoms with Crippen molar-refractivity contribution in [1.82, 2.24) is 14.8 Å². The summed E-state index contributed by atoms with van der Waals surface area (Å²) in [7, 11) is 0. The van der Waals surface area contributed by atoms with E-state index in [-0.39, 0.29) is 5.69 Å². The van der Waals surface area contributed by atoms with Crippen LogP contribution in [0.1, 0.15) is 54.2 Å². The highest BCUT2D eigenvalue weighted by Crippen LogP contribution is 2.29. The van der Waals surface area contributed by atoms with E-state index in [2.05, 4.69) is 14.8 Å². The van der Waals surface area contributed by atoms with E-state index < -0.39 is 5.97 Å². The molecule has 3 rings (SSSR count). The van der Waals surface area contributed by atoms with E-state index in [0.29, 0.717) is 11.6 Å². The molecule has 1 saturated carbocycles. The second-order valence-corrected chi connectivity index (χ2v) is 5.70. The van der Waals surface area contributed by atoms with Crippen LogP contribution in [0.3, 0.4) is 0 Å². The van der Waals surface area contributed by atoms with E-state index in [1.54, 1.807) is 13.1 Å². The lowest BCUT2D eigenvalue weighted by Gasteiger charge is -2.21. The van der Waals surface area contributed by atoms with Crippen LogP contribution in [0.15, 0.2) is 24.7 Å². The first-order valence-electron chi connectivity index (χ1n) is 7.39. The van der Waals surface area contributed by atoms with E-state index in [1.807, 2.05) is 18.5 Å². The molecular formula is C16H19N3O2. The second kappa shape index (κ2) is 5.68. The zero-order chi connectivity index (χ0) is 14.8. The predicted molar refractivity (Wildman–Crippen MR) is 79.3 cm³/mol. The van der Waals surface area contributed by atoms with Crippen molar-refractivity contribution in [1.29, 1.82) is 0 Å². The molecule has 5 nitrogen and oxygen atoms in total. The summed E-state index contributed by atoms with van der Waals surface area (Å²) in [6, 6.07) is 2.36. The van der Waals surface area contributed by atoms with Gasteiger partial charge in [-0.25, -0.2) is 9.78 Å². The summed E-state index contributed by atoms with van der Waals surface area (Å²) in [5, 5.41) is 13.5. The lowest BCUT2D eigenvalue weighted by Crippen LogP contribution is -2.12. The maximum Gasteiger partial charge on any atom is 0.354 e. The lowest BCUT2D eigenvalue weighted by atomic mass is 9.96. The highest BCUT2D eigenvalue weighted by atomic mass is 16.4. The number of aryl methyl sites for hydroxylation is 1. The Labute approximate surface area is 123 Å². The van der Waals surface area contributed by atoms with Gasteiger partial charge in [0.1, 0.15) is 0 Å². The Hall–Kier alpha value is -2.17. The molecular weight excluding hydrogens is 266 g/mol. The van der Waals surface area contributed by atoms with Gasteiger partial charge >= 0.3 is 5.97 Å². The summed E-state index contributed by atoms with van der Waals surface area (Å²) in [4.78, 5) is 15.0. The summed E-state index contributed by atoms with van der Waals surface area (Å²) in [6.07, 6.45) is 11.7. The Morgan fingerprint density at radius 2 is 2.00 bits per heavy atom. The molecule has 21 heavy (non-hydrogen) atoms. The summed E-state index contributed by atoms with van der Waals surface area (Å²) >= 11 is 0. The van der Waals surface area contributed by atoms with E-state index in [0.717, 1.165) is 11.1 Å². The SMILES string of the molecule is Cc1cc(-c2cnn(C3CCCCC3)c2)cnc1C(=O)O. The van der Waals surface area contributed by atoms with Crippen LogP contribution in [0.25, 0.3) is 11.1 Å². The molecule has 1 aliphatic rings. The monoisotopic (exact) mass is 285 g/mol. The highest BCUT2D eigenvalue weighted by Gasteiger charge is 2.17. The molecule has 0 spiro atoms. The van der Waals surface area contributed by atoms with Gasteiger partial charge in [0.15, 0.2) is 5.69 Å². The van der Waals surface area contributed by atoms with Gasteiger partial charge in [-0.3, -0.25) is 4.68 Å². The standard InChI is InChI=1S/C16H19N3O2/c1-11-7-12(8-17-15(11)16(20)21)13-9-18-19(10-13)14-5-3-2-4-6-14/h7-10,14H,2-6H2,1H3,(H,20,21). The first-order chi connectivity index (χ1) is 10.1. The van der Waals surface area contributed by atoms with Gasteiger partial charge in [-0.2, -0.15) is 5.10 Å². The Morgan fingerprint density at radius 1 is 1.24 bits per heavy atom. The molecule has 2 aromatic heterocycles. The molecule has 5 heteroatoms. The Kier molecular flexibility index (Phi) is 3.73. The molecule has 0 bridgehead atoms. The molecule has 0 radical (unpaired) electrons. The number of pyridine rings is 1. The average molecular weight is 285 g/mol. The van der Waals surface area contributed by atoms with Gasteiger partial charge in [-0.05, 0) is 31.4 Å². The van der Waals surface area contributed by atoms with Crippen LogP contribution in [0, 0.1) is 6.92 Å². The highest BCUT2D eigenvalue weighted by molar-refractivity contribution is 5.87. The normalized spacial score (nSPS) is 16.0. The molecule has 0 unspecified atom stereocenters. The van der Waals surface area contributed by atoms with E-state index >= 15 is 0 Å².